The van der Waals surface area contributed by atoms with Gasteiger partial charge in [0.1, 0.15) is 5.69 Å². The summed E-state index contributed by atoms with van der Waals surface area (Å²) < 4.78 is 6.99. The van der Waals surface area contributed by atoms with Crippen LogP contribution in [0.25, 0.3) is 39.3 Å². The van der Waals surface area contributed by atoms with Crippen molar-refractivity contribution >= 4 is 16.4 Å². The zero-order valence-electron chi connectivity index (χ0n) is 13.8. The maximum absolute atomic E-state index is 12.4. The highest BCUT2D eigenvalue weighted by Gasteiger charge is 2.17. The molecule has 0 bridgehead atoms. The average Bonchev–Trinajstić information content (AvgIpc) is 3.29. The summed E-state index contributed by atoms with van der Waals surface area (Å²) in [5.74, 6) is 0.827. The van der Waals surface area contributed by atoms with Gasteiger partial charge in [0.2, 0.25) is 11.6 Å². The Morgan fingerprint density at radius 1 is 1.00 bits per heavy atom. The van der Waals surface area contributed by atoms with Gasteiger partial charge in [-0.2, -0.15) is 0 Å². The van der Waals surface area contributed by atoms with E-state index < -0.39 is 0 Å². The fourth-order valence-corrected chi connectivity index (χ4v) is 3.00. The lowest BCUT2D eigenvalue weighted by atomic mass is 10.1. The molecule has 5 aromatic rings. The Balaban J connectivity index is 1.68. The number of fused-ring (bicyclic) bond motifs is 3. The molecule has 3 heterocycles. The van der Waals surface area contributed by atoms with E-state index in [2.05, 4.69) is 20.5 Å². The van der Waals surface area contributed by atoms with Crippen molar-refractivity contribution < 1.29 is 4.52 Å². The van der Waals surface area contributed by atoms with E-state index in [-0.39, 0.29) is 5.56 Å². The minimum atomic E-state index is -0.215. The molecule has 0 aliphatic heterocycles. The Morgan fingerprint density at radius 2 is 1.77 bits per heavy atom. The van der Waals surface area contributed by atoms with Gasteiger partial charge in [-0.15, -0.1) is 10.2 Å². The highest BCUT2D eigenvalue weighted by atomic mass is 16.5. The lowest BCUT2D eigenvalue weighted by Gasteiger charge is -2.00. The summed E-state index contributed by atoms with van der Waals surface area (Å²) >= 11 is 0. The van der Waals surface area contributed by atoms with Gasteiger partial charge >= 0.3 is 0 Å². The number of nitrogens with one attached hydrogen (secondary N) is 1. The Morgan fingerprint density at radius 3 is 2.58 bits per heavy atom. The molecule has 5 rings (SSSR count). The zero-order valence-corrected chi connectivity index (χ0v) is 13.8. The fraction of sp³-hybridized carbons (Fsp3) is 0.0526. The van der Waals surface area contributed by atoms with Crippen molar-refractivity contribution in [3.63, 3.8) is 0 Å². The fourth-order valence-electron chi connectivity index (χ4n) is 3.00. The van der Waals surface area contributed by atoms with Crippen LogP contribution in [0.1, 0.15) is 5.56 Å². The molecule has 0 saturated heterocycles. The molecule has 0 unspecified atom stereocenters. The van der Waals surface area contributed by atoms with Gasteiger partial charge in [-0.1, -0.05) is 53.2 Å². The molecule has 0 aliphatic rings. The molecule has 0 spiro atoms. The Kier molecular flexibility index (Phi) is 3.02. The number of aryl methyl sites for hydroxylation is 1. The Bertz CT molecular complexity index is 1310. The summed E-state index contributed by atoms with van der Waals surface area (Å²) in [5.41, 5.74) is 3.15. The second-order valence-electron chi connectivity index (χ2n) is 6.11. The van der Waals surface area contributed by atoms with Gasteiger partial charge in [0.15, 0.2) is 5.65 Å². The normalized spacial score (nSPS) is 11.4. The van der Waals surface area contributed by atoms with Crippen LogP contribution in [0.3, 0.4) is 0 Å². The maximum atomic E-state index is 12.4. The number of H-pyrrole nitrogens is 1. The van der Waals surface area contributed by atoms with Crippen LogP contribution in [0.5, 0.6) is 0 Å². The first-order valence-electron chi connectivity index (χ1n) is 8.11. The van der Waals surface area contributed by atoms with Crippen molar-refractivity contribution in [3.8, 4) is 22.8 Å². The second kappa shape index (κ2) is 5.38. The van der Waals surface area contributed by atoms with Crippen LogP contribution in [0.2, 0.25) is 0 Å². The van der Waals surface area contributed by atoms with Crippen molar-refractivity contribution in [3.05, 3.63) is 70.5 Å². The van der Waals surface area contributed by atoms with Crippen LogP contribution in [0.15, 0.2) is 63.9 Å². The van der Waals surface area contributed by atoms with E-state index in [1.54, 1.807) is 12.1 Å². The predicted octanol–water partition coefficient (Wildman–Crippen LogP) is 3.20. The van der Waals surface area contributed by atoms with Gasteiger partial charge in [-0.05, 0) is 13.0 Å². The SMILES string of the molecule is Cc1ccc(-c2cc(-c3nnc4c5ccccc5c(=O)[nH]n34)on2)cc1. The van der Waals surface area contributed by atoms with Crippen LogP contribution in [0, 0.1) is 6.92 Å². The third-order valence-corrected chi connectivity index (χ3v) is 4.37. The molecular weight excluding hydrogens is 330 g/mol. The van der Waals surface area contributed by atoms with Crippen LogP contribution < -0.4 is 5.56 Å². The molecule has 0 amide bonds. The smallest absolute Gasteiger partial charge is 0.270 e. The van der Waals surface area contributed by atoms with Crippen LogP contribution in [-0.4, -0.2) is 25.0 Å². The van der Waals surface area contributed by atoms with Crippen LogP contribution >= 0.6 is 0 Å². The number of nitrogens with zero attached hydrogens (tertiary/aromatic N) is 4. The summed E-state index contributed by atoms with van der Waals surface area (Å²) in [5, 5.41) is 16.6. The van der Waals surface area contributed by atoms with E-state index in [1.807, 2.05) is 49.4 Å². The van der Waals surface area contributed by atoms with Gasteiger partial charge in [-0.25, -0.2) is 4.52 Å². The van der Waals surface area contributed by atoms with E-state index in [1.165, 1.54) is 10.1 Å². The molecular formula is C19H13N5O2. The number of aromatic amines is 1. The summed E-state index contributed by atoms with van der Waals surface area (Å²) in [6, 6.07) is 17.1. The van der Waals surface area contributed by atoms with Gasteiger partial charge in [-0.3, -0.25) is 9.89 Å². The molecule has 7 heteroatoms. The first-order chi connectivity index (χ1) is 12.7. The minimum Gasteiger partial charge on any atom is -0.352 e. The number of aromatic nitrogens is 5. The van der Waals surface area contributed by atoms with Gasteiger partial charge in [0, 0.05) is 17.0 Å². The Labute approximate surface area is 146 Å². The van der Waals surface area contributed by atoms with Crippen molar-refractivity contribution in [2.45, 2.75) is 6.92 Å². The molecule has 0 saturated carbocycles. The van der Waals surface area contributed by atoms with Crippen molar-refractivity contribution in [1.29, 1.82) is 0 Å². The molecule has 0 fully saturated rings. The molecule has 2 aromatic carbocycles. The number of benzene rings is 2. The van der Waals surface area contributed by atoms with Crippen molar-refractivity contribution in [2.24, 2.45) is 0 Å². The highest BCUT2D eigenvalue weighted by Crippen LogP contribution is 2.26. The molecule has 0 aliphatic carbocycles. The first kappa shape index (κ1) is 14.6. The summed E-state index contributed by atoms with van der Waals surface area (Å²) in [6.07, 6.45) is 0. The van der Waals surface area contributed by atoms with Gasteiger partial charge in [0.25, 0.3) is 5.56 Å². The molecule has 1 N–H and O–H groups in total. The van der Waals surface area contributed by atoms with E-state index in [9.17, 15) is 4.79 Å². The zero-order chi connectivity index (χ0) is 17.7. The Hall–Kier alpha value is -3.74. The number of rotatable bonds is 2. The molecule has 26 heavy (non-hydrogen) atoms. The third-order valence-electron chi connectivity index (χ3n) is 4.37. The predicted molar refractivity (Wildman–Crippen MR) is 96.8 cm³/mol. The molecule has 0 atom stereocenters. The van der Waals surface area contributed by atoms with Gasteiger partial charge < -0.3 is 4.52 Å². The van der Waals surface area contributed by atoms with Gasteiger partial charge in [0.05, 0.1) is 5.39 Å². The second-order valence-corrected chi connectivity index (χ2v) is 6.11. The van der Waals surface area contributed by atoms with Crippen molar-refractivity contribution in [1.82, 2.24) is 25.0 Å². The monoisotopic (exact) mass is 343 g/mol. The quantitative estimate of drug-likeness (QED) is 0.532. The summed E-state index contributed by atoms with van der Waals surface area (Å²) in [4.78, 5) is 12.4. The summed E-state index contributed by atoms with van der Waals surface area (Å²) in [6.45, 7) is 2.03. The van der Waals surface area contributed by atoms with Crippen LogP contribution in [0.4, 0.5) is 0 Å². The molecule has 3 aromatic heterocycles. The van der Waals surface area contributed by atoms with E-state index in [4.69, 9.17) is 4.52 Å². The highest BCUT2D eigenvalue weighted by molar-refractivity contribution is 5.93. The molecule has 0 radical (unpaired) electrons. The topological polar surface area (TPSA) is 89.1 Å². The van der Waals surface area contributed by atoms with Crippen molar-refractivity contribution in [2.75, 3.05) is 0 Å². The lowest BCUT2D eigenvalue weighted by Crippen LogP contribution is -2.12. The first-order valence-corrected chi connectivity index (χ1v) is 8.11. The lowest BCUT2D eigenvalue weighted by molar-refractivity contribution is 0.431. The standard InChI is InChI=1S/C19H13N5O2/c1-11-6-8-12(9-7-11)15-10-16(26-23-15)18-21-20-17-13-4-2-3-5-14(13)19(25)22-24(17)18/h2-10H,1H3,(H,22,25). The number of hydrogen-bond acceptors (Lipinski definition) is 5. The summed E-state index contributed by atoms with van der Waals surface area (Å²) in [7, 11) is 0. The van der Waals surface area contributed by atoms with E-state index in [0.717, 1.165) is 10.9 Å². The number of hydrogen-bond donors (Lipinski definition) is 1. The van der Waals surface area contributed by atoms with Crippen LogP contribution in [-0.2, 0) is 0 Å². The average molecular weight is 343 g/mol. The third kappa shape index (κ3) is 2.14. The van der Waals surface area contributed by atoms with E-state index >= 15 is 0 Å². The molecule has 126 valence electrons. The largest absolute Gasteiger partial charge is 0.352 e. The molecule has 7 nitrogen and oxygen atoms in total. The maximum Gasteiger partial charge on any atom is 0.270 e. The van der Waals surface area contributed by atoms with E-state index in [0.29, 0.717) is 28.3 Å². The minimum absolute atomic E-state index is 0.215.